The van der Waals surface area contributed by atoms with Gasteiger partial charge >= 0.3 is 0 Å². The summed E-state index contributed by atoms with van der Waals surface area (Å²) in [4.78, 5) is 0. The molecule has 2 aliphatic rings. The summed E-state index contributed by atoms with van der Waals surface area (Å²) in [5.74, 6) is 0. The van der Waals surface area contributed by atoms with Gasteiger partial charge in [0.1, 0.15) is 0 Å². The molecule has 112 valence electrons. The van der Waals surface area contributed by atoms with Crippen molar-refractivity contribution in [3.8, 4) is 0 Å². The van der Waals surface area contributed by atoms with E-state index in [1.165, 1.54) is 96.3 Å². The summed E-state index contributed by atoms with van der Waals surface area (Å²) in [5, 5.41) is 0. The van der Waals surface area contributed by atoms with Crippen LogP contribution < -0.4 is 0 Å². The fraction of sp³-hybridized carbons (Fsp3) is 1.00. The summed E-state index contributed by atoms with van der Waals surface area (Å²) in [6.07, 6.45) is 22.5. The largest absolute Gasteiger partial charge is 0.0596 e. The van der Waals surface area contributed by atoms with Crippen LogP contribution in [-0.4, -0.2) is 0 Å². The molecule has 0 N–H and O–H groups in total. The van der Waals surface area contributed by atoms with Crippen molar-refractivity contribution in [3.05, 3.63) is 0 Å². The van der Waals surface area contributed by atoms with Gasteiger partial charge in [0.05, 0.1) is 0 Å². The maximum Gasteiger partial charge on any atom is -0.0326 e. The van der Waals surface area contributed by atoms with E-state index in [9.17, 15) is 0 Å². The minimum absolute atomic E-state index is 0.715. The van der Waals surface area contributed by atoms with Crippen LogP contribution in [0.2, 0.25) is 0 Å². The second-order valence-corrected chi connectivity index (χ2v) is 8.30. The molecule has 0 heteroatoms. The number of rotatable bonds is 6. The standard InChI is InChI=1S/C19H36/c1-18(12-6-3-7-13-18)16-10-5-11-17-19(2)14-8-4-9-15-19/h3-17H2,1-2H3. The highest BCUT2D eigenvalue weighted by Gasteiger charge is 2.27. The molecular weight excluding hydrogens is 228 g/mol. The fourth-order valence-corrected chi connectivity index (χ4v) is 4.59. The van der Waals surface area contributed by atoms with Gasteiger partial charge in [0.2, 0.25) is 0 Å². The minimum atomic E-state index is 0.715. The Kier molecular flexibility index (Phi) is 5.78. The number of unbranched alkanes of at least 4 members (excludes halogenated alkanes) is 2. The SMILES string of the molecule is CC1(CCCCCC2(C)CCCCC2)CCCCC1. The molecule has 2 rings (SSSR count). The van der Waals surface area contributed by atoms with Crippen molar-refractivity contribution in [2.75, 3.05) is 0 Å². The molecule has 0 aliphatic heterocycles. The average Bonchev–Trinajstić information content (AvgIpc) is 2.40. The predicted molar refractivity (Wildman–Crippen MR) is 85.5 cm³/mol. The molecule has 0 amide bonds. The minimum Gasteiger partial charge on any atom is -0.0596 e. The van der Waals surface area contributed by atoms with E-state index in [2.05, 4.69) is 13.8 Å². The third-order valence-corrected chi connectivity index (χ3v) is 6.18. The van der Waals surface area contributed by atoms with Crippen LogP contribution in [0.25, 0.3) is 0 Å². The van der Waals surface area contributed by atoms with E-state index in [-0.39, 0.29) is 0 Å². The van der Waals surface area contributed by atoms with Crippen molar-refractivity contribution in [1.82, 2.24) is 0 Å². The van der Waals surface area contributed by atoms with Gasteiger partial charge < -0.3 is 0 Å². The normalized spacial score (nSPS) is 26.2. The molecule has 0 saturated heterocycles. The Balaban J connectivity index is 1.56. The zero-order chi connectivity index (χ0) is 13.6. The first kappa shape index (κ1) is 15.4. The molecule has 2 aliphatic carbocycles. The summed E-state index contributed by atoms with van der Waals surface area (Å²) in [6.45, 7) is 5.10. The number of hydrogen-bond donors (Lipinski definition) is 0. The van der Waals surface area contributed by atoms with E-state index in [0.717, 1.165) is 0 Å². The van der Waals surface area contributed by atoms with Crippen molar-refractivity contribution in [2.45, 2.75) is 110 Å². The van der Waals surface area contributed by atoms with E-state index < -0.39 is 0 Å². The van der Waals surface area contributed by atoms with Crippen molar-refractivity contribution in [1.29, 1.82) is 0 Å². The summed E-state index contributed by atoms with van der Waals surface area (Å²) in [5.41, 5.74) is 1.43. The van der Waals surface area contributed by atoms with Crippen LogP contribution in [0.15, 0.2) is 0 Å². The summed E-state index contributed by atoms with van der Waals surface area (Å²) < 4.78 is 0. The van der Waals surface area contributed by atoms with E-state index >= 15 is 0 Å². The second-order valence-electron chi connectivity index (χ2n) is 8.30. The van der Waals surface area contributed by atoms with Crippen LogP contribution in [-0.2, 0) is 0 Å². The van der Waals surface area contributed by atoms with Crippen LogP contribution in [0.5, 0.6) is 0 Å². The maximum atomic E-state index is 2.55. The molecule has 19 heavy (non-hydrogen) atoms. The molecular formula is C19H36. The molecule has 0 nitrogen and oxygen atoms in total. The third kappa shape index (κ3) is 5.12. The van der Waals surface area contributed by atoms with Crippen LogP contribution in [0, 0.1) is 10.8 Å². The molecule has 0 bridgehead atoms. The molecule has 0 spiro atoms. The van der Waals surface area contributed by atoms with Gasteiger partial charge in [-0.1, -0.05) is 71.6 Å². The summed E-state index contributed by atoms with van der Waals surface area (Å²) in [6, 6.07) is 0. The van der Waals surface area contributed by atoms with Crippen LogP contribution in [0.3, 0.4) is 0 Å². The van der Waals surface area contributed by atoms with Crippen LogP contribution >= 0.6 is 0 Å². The molecule has 2 fully saturated rings. The van der Waals surface area contributed by atoms with Crippen LogP contribution in [0.1, 0.15) is 110 Å². The van der Waals surface area contributed by atoms with E-state index in [1.54, 1.807) is 0 Å². The number of hydrogen-bond acceptors (Lipinski definition) is 0. The molecule has 0 aromatic heterocycles. The molecule has 0 unspecified atom stereocenters. The van der Waals surface area contributed by atoms with E-state index in [4.69, 9.17) is 0 Å². The van der Waals surface area contributed by atoms with Gasteiger partial charge in [0.15, 0.2) is 0 Å². The molecule has 2 saturated carbocycles. The topological polar surface area (TPSA) is 0 Å². The fourth-order valence-electron chi connectivity index (χ4n) is 4.59. The molecule has 0 radical (unpaired) electrons. The van der Waals surface area contributed by atoms with Crippen molar-refractivity contribution in [3.63, 3.8) is 0 Å². The Morgan fingerprint density at radius 1 is 0.526 bits per heavy atom. The summed E-state index contributed by atoms with van der Waals surface area (Å²) >= 11 is 0. The zero-order valence-corrected chi connectivity index (χ0v) is 13.6. The first-order chi connectivity index (χ1) is 9.12. The lowest BCUT2D eigenvalue weighted by atomic mass is 9.71. The Morgan fingerprint density at radius 2 is 0.895 bits per heavy atom. The second kappa shape index (κ2) is 7.14. The highest BCUT2D eigenvalue weighted by molar-refractivity contribution is 4.80. The smallest absolute Gasteiger partial charge is 0.0326 e. The molecule has 0 atom stereocenters. The Bertz CT molecular complexity index is 215. The Hall–Kier alpha value is 0. The highest BCUT2D eigenvalue weighted by Crippen LogP contribution is 2.42. The highest BCUT2D eigenvalue weighted by atomic mass is 14.3. The Labute approximate surface area is 121 Å². The lowest BCUT2D eigenvalue weighted by Gasteiger charge is -2.35. The predicted octanol–water partition coefficient (Wildman–Crippen LogP) is 6.88. The Morgan fingerprint density at radius 3 is 1.26 bits per heavy atom. The lowest BCUT2D eigenvalue weighted by Crippen LogP contribution is -2.21. The third-order valence-electron chi connectivity index (χ3n) is 6.18. The van der Waals surface area contributed by atoms with Gasteiger partial charge in [-0.05, 0) is 49.4 Å². The van der Waals surface area contributed by atoms with Gasteiger partial charge in [-0.15, -0.1) is 0 Å². The van der Waals surface area contributed by atoms with E-state index in [0.29, 0.717) is 10.8 Å². The van der Waals surface area contributed by atoms with Crippen LogP contribution in [0.4, 0.5) is 0 Å². The van der Waals surface area contributed by atoms with Gasteiger partial charge in [0.25, 0.3) is 0 Å². The van der Waals surface area contributed by atoms with E-state index in [1.807, 2.05) is 0 Å². The van der Waals surface area contributed by atoms with Gasteiger partial charge in [-0.25, -0.2) is 0 Å². The maximum absolute atomic E-state index is 2.55. The first-order valence-corrected chi connectivity index (χ1v) is 9.12. The monoisotopic (exact) mass is 264 g/mol. The van der Waals surface area contributed by atoms with Crippen molar-refractivity contribution in [2.24, 2.45) is 10.8 Å². The molecule has 0 aromatic carbocycles. The zero-order valence-electron chi connectivity index (χ0n) is 13.6. The average molecular weight is 264 g/mol. The van der Waals surface area contributed by atoms with Crippen molar-refractivity contribution >= 4 is 0 Å². The van der Waals surface area contributed by atoms with Gasteiger partial charge in [0, 0.05) is 0 Å². The quantitative estimate of drug-likeness (QED) is 0.459. The van der Waals surface area contributed by atoms with Gasteiger partial charge in [-0.2, -0.15) is 0 Å². The molecule has 0 aromatic rings. The lowest BCUT2D eigenvalue weighted by molar-refractivity contribution is 0.179. The van der Waals surface area contributed by atoms with Gasteiger partial charge in [-0.3, -0.25) is 0 Å². The van der Waals surface area contributed by atoms with Crippen molar-refractivity contribution < 1.29 is 0 Å². The summed E-state index contributed by atoms with van der Waals surface area (Å²) in [7, 11) is 0. The molecule has 0 heterocycles. The first-order valence-electron chi connectivity index (χ1n) is 9.12.